The van der Waals surface area contributed by atoms with Crippen molar-refractivity contribution in [1.82, 2.24) is 14.9 Å². The molecular formula is C16H25N3OS. The van der Waals surface area contributed by atoms with Gasteiger partial charge in [0.05, 0.1) is 10.9 Å². The highest BCUT2D eigenvalue weighted by atomic mass is 32.2. The van der Waals surface area contributed by atoms with Crippen molar-refractivity contribution in [3.05, 3.63) is 11.4 Å². The fourth-order valence-corrected chi connectivity index (χ4v) is 4.11. The van der Waals surface area contributed by atoms with Gasteiger partial charge in [-0.05, 0) is 46.5 Å². The molecule has 116 valence electrons. The maximum absolute atomic E-state index is 12.2. The third kappa shape index (κ3) is 3.28. The van der Waals surface area contributed by atoms with E-state index in [1.165, 1.54) is 31.4 Å². The summed E-state index contributed by atoms with van der Waals surface area (Å²) in [6.07, 6.45) is 7.38. The molecule has 0 spiro atoms. The molecule has 5 heteroatoms. The van der Waals surface area contributed by atoms with Crippen molar-refractivity contribution < 1.29 is 4.79 Å². The Morgan fingerprint density at radius 2 is 1.95 bits per heavy atom. The normalized spacial score (nSPS) is 20.7. The van der Waals surface area contributed by atoms with Crippen LogP contribution in [0, 0.1) is 13.8 Å². The minimum Gasteiger partial charge on any atom is -0.352 e. The Kier molecular flexibility index (Phi) is 4.29. The highest BCUT2D eigenvalue weighted by Crippen LogP contribution is 2.36. The molecule has 1 heterocycles. The molecule has 2 aliphatic rings. The van der Waals surface area contributed by atoms with E-state index in [0.717, 1.165) is 23.7 Å². The van der Waals surface area contributed by atoms with Crippen LogP contribution < -0.4 is 5.32 Å². The Labute approximate surface area is 131 Å². The number of rotatable bonds is 5. The topological polar surface area (TPSA) is 46.9 Å². The largest absolute Gasteiger partial charge is 0.352 e. The van der Waals surface area contributed by atoms with Crippen LogP contribution in [0.4, 0.5) is 0 Å². The lowest BCUT2D eigenvalue weighted by molar-refractivity contribution is -0.120. The molecule has 2 saturated carbocycles. The van der Waals surface area contributed by atoms with Crippen LogP contribution in [0.15, 0.2) is 5.16 Å². The van der Waals surface area contributed by atoms with E-state index in [0.29, 0.717) is 12.1 Å². The number of nitrogens with one attached hydrogen (secondary N) is 1. The lowest BCUT2D eigenvalue weighted by Gasteiger charge is -2.18. The summed E-state index contributed by atoms with van der Waals surface area (Å²) in [7, 11) is 0. The van der Waals surface area contributed by atoms with Crippen LogP contribution in [-0.4, -0.2) is 26.8 Å². The Morgan fingerprint density at radius 3 is 2.57 bits per heavy atom. The number of carbonyl (C=O) groups is 1. The number of amides is 1. The Balaban J connectivity index is 1.74. The van der Waals surface area contributed by atoms with Crippen molar-refractivity contribution >= 4 is 17.7 Å². The highest BCUT2D eigenvalue weighted by Gasteiger charge is 2.28. The van der Waals surface area contributed by atoms with E-state index >= 15 is 0 Å². The summed E-state index contributed by atoms with van der Waals surface area (Å²) in [6, 6.07) is 1.01. The summed E-state index contributed by atoms with van der Waals surface area (Å²) in [4.78, 5) is 16.9. The van der Waals surface area contributed by atoms with Gasteiger partial charge in [0.15, 0.2) is 5.16 Å². The van der Waals surface area contributed by atoms with E-state index in [1.54, 1.807) is 11.8 Å². The number of hydrogen-bond acceptors (Lipinski definition) is 3. The zero-order chi connectivity index (χ0) is 15.0. The molecule has 1 unspecified atom stereocenters. The van der Waals surface area contributed by atoms with Gasteiger partial charge in [0.1, 0.15) is 0 Å². The molecule has 0 radical (unpaired) electrons. The second kappa shape index (κ2) is 6.03. The van der Waals surface area contributed by atoms with E-state index < -0.39 is 0 Å². The zero-order valence-corrected chi connectivity index (χ0v) is 14.0. The summed E-state index contributed by atoms with van der Waals surface area (Å²) < 4.78 is 2.38. The molecule has 0 saturated heterocycles. The first kappa shape index (κ1) is 14.9. The van der Waals surface area contributed by atoms with Crippen LogP contribution in [0.3, 0.4) is 0 Å². The Morgan fingerprint density at radius 1 is 1.29 bits per heavy atom. The summed E-state index contributed by atoms with van der Waals surface area (Å²) >= 11 is 1.61. The molecular weight excluding hydrogens is 282 g/mol. The maximum atomic E-state index is 12.2. The van der Waals surface area contributed by atoms with Gasteiger partial charge in [-0.15, -0.1) is 0 Å². The molecule has 3 rings (SSSR count). The van der Waals surface area contributed by atoms with Gasteiger partial charge in [0.2, 0.25) is 5.91 Å². The second-order valence-corrected chi connectivity index (χ2v) is 7.72. The van der Waals surface area contributed by atoms with Gasteiger partial charge >= 0.3 is 0 Å². The SMILES string of the molecule is Cc1nc(SC(C)C(=O)NC2CC2)n(C2CCCC2)c1C. The van der Waals surface area contributed by atoms with Crippen molar-refractivity contribution in [2.45, 2.75) is 81.8 Å². The van der Waals surface area contributed by atoms with Gasteiger partial charge in [-0.25, -0.2) is 4.98 Å². The molecule has 1 atom stereocenters. The van der Waals surface area contributed by atoms with E-state index in [9.17, 15) is 4.79 Å². The van der Waals surface area contributed by atoms with E-state index in [-0.39, 0.29) is 11.2 Å². The van der Waals surface area contributed by atoms with Gasteiger partial charge in [-0.2, -0.15) is 0 Å². The highest BCUT2D eigenvalue weighted by molar-refractivity contribution is 8.00. The summed E-state index contributed by atoms with van der Waals surface area (Å²) in [6.45, 7) is 6.21. The average molecular weight is 307 g/mol. The molecule has 1 amide bonds. The van der Waals surface area contributed by atoms with Gasteiger partial charge in [-0.1, -0.05) is 24.6 Å². The molecule has 0 aromatic carbocycles. The van der Waals surface area contributed by atoms with Gasteiger partial charge in [0.25, 0.3) is 0 Å². The van der Waals surface area contributed by atoms with Gasteiger partial charge in [0, 0.05) is 17.8 Å². The molecule has 21 heavy (non-hydrogen) atoms. The Bertz CT molecular complexity index is 530. The molecule has 2 fully saturated rings. The van der Waals surface area contributed by atoms with Crippen LogP contribution >= 0.6 is 11.8 Å². The first-order valence-corrected chi connectivity index (χ1v) is 8.96. The monoisotopic (exact) mass is 307 g/mol. The minimum absolute atomic E-state index is 0.0769. The second-order valence-electron chi connectivity index (χ2n) is 6.42. The molecule has 2 aliphatic carbocycles. The van der Waals surface area contributed by atoms with Crippen LogP contribution in [0.25, 0.3) is 0 Å². The molecule has 0 bridgehead atoms. The number of aryl methyl sites for hydroxylation is 1. The smallest absolute Gasteiger partial charge is 0.233 e. The molecule has 1 N–H and O–H groups in total. The predicted molar refractivity (Wildman–Crippen MR) is 85.7 cm³/mol. The third-order valence-electron chi connectivity index (χ3n) is 4.62. The Hall–Kier alpha value is -0.970. The van der Waals surface area contributed by atoms with Crippen molar-refractivity contribution in [3.63, 3.8) is 0 Å². The minimum atomic E-state index is -0.0769. The standard InChI is InChI=1S/C16H25N3OS/c1-10-11(2)19(14-6-4-5-7-14)16(17-10)21-12(3)15(20)18-13-8-9-13/h12-14H,4-9H2,1-3H3,(H,18,20). The third-order valence-corrected chi connectivity index (χ3v) is 5.69. The van der Waals surface area contributed by atoms with E-state index in [4.69, 9.17) is 4.98 Å². The molecule has 0 aliphatic heterocycles. The molecule has 1 aromatic heterocycles. The number of hydrogen-bond donors (Lipinski definition) is 1. The zero-order valence-electron chi connectivity index (χ0n) is 13.2. The number of aromatic nitrogens is 2. The quantitative estimate of drug-likeness (QED) is 0.848. The number of carbonyl (C=O) groups excluding carboxylic acids is 1. The summed E-state index contributed by atoms with van der Waals surface area (Å²) in [5, 5.41) is 4.03. The van der Waals surface area contributed by atoms with Crippen molar-refractivity contribution in [2.24, 2.45) is 0 Å². The van der Waals surface area contributed by atoms with Crippen LogP contribution in [0.5, 0.6) is 0 Å². The lowest BCUT2D eigenvalue weighted by Crippen LogP contribution is -2.32. The fourth-order valence-electron chi connectivity index (χ4n) is 3.03. The lowest BCUT2D eigenvalue weighted by atomic mass is 10.2. The number of imidazole rings is 1. The van der Waals surface area contributed by atoms with Gasteiger partial charge < -0.3 is 9.88 Å². The average Bonchev–Trinajstić information content (AvgIpc) is 3.00. The fraction of sp³-hybridized carbons (Fsp3) is 0.750. The number of thioether (sulfide) groups is 1. The van der Waals surface area contributed by atoms with Gasteiger partial charge in [-0.3, -0.25) is 4.79 Å². The van der Waals surface area contributed by atoms with Crippen molar-refractivity contribution in [3.8, 4) is 0 Å². The molecule has 1 aromatic rings. The summed E-state index contributed by atoms with van der Waals surface area (Å²) in [5.74, 6) is 0.152. The van der Waals surface area contributed by atoms with Crippen LogP contribution in [0.1, 0.15) is 62.9 Å². The van der Waals surface area contributed by atoms with Crippen molar-refractivity contribution in [2.75, 3.05) is 0 Å². The number of nitrogens with zero attached hydrogens (tertiary/aromatic N) is 2. The van der Waals surface area contributed by atoms with Crippen molar-refractivity contribution in [1.29, 1.82) is 0 Å². The predicted octanol–water partition coefficient (Wildman–Crippen LogP) is 3.37. The first-order chi connectivity index (χ1) is 10.1. The van der Waals surface area contributed by atoms with E-state index in [1.807, 2.05) is 6.92 Å². The van der Waals surface area contributed by atoms with E-state index in [2.05, 4.69) is 23.7 Å². The molecule has 4 nitrogen and oxygen atoms in total. The van der Waals surface area contributed by atoms with Crippen LogP contribution in [0.2, 0.25) is 0 Å². The maximum Gasteiger partial charge on any atom is 0.233 e. The summed E-state index contributed by atoms with van der Waals surface area (Å²) in [5.41, 5.74) is 2.36. The van der Waals surface area contributed by atoms with Crippen LogP contribution in [-0.2, 0) is 4.79 Å². The first-order valence-electron chi connectivity index (χ1n) is 8.08.